The van der Waals surface area contributed by atoms with Gasteiger partial charge >= 0.3 is 5.97 Å². The second-order valence-corrected chi connectivity index (χ2v) is 4.64. The quantitative estimate of drug-likeness (QED) is 0.364. The maximum atomic E-state index is 11.7. The van der Waals surface area contributed by atoms with Crippen molar-refractivity contribution in [3.8, 4) is 0 Å². The monoisotopic (exact) mass is 311 g/mol. The van der Waals surface area contributed by atoms with Crippen molar-refractivity contribution in [2.75, 3.05) is 32.9 Å². The van der Waals surface area contributed by atoms with Crippen LogP contribution in [0.2, 0.25) is 0 Å². The van der Waals surface area contributed by atoms with Crippen LogP contribution in [0.5, 0.6) is 0 Å². The molecule has 0 aromatic heterocycles. The summed E-state index contributed by atoms with van der Waals surface area (Å²) in [6, 6.07) is 0. The van der Waals surface area contributed by atoms with Gasteiger partial charge in [-0.3, -0.25) is 0 Å². The van der Waals surface area contributed by atoms with Crippen LogP contribution >= 0.6 is 0 Å². The first-order valence-electron chi connectivity index (χ1n) is 7.71. The number of amidine groups is 1. The van der Waals surface area contributed by atoms with Gasteiger partial charge in [-0.1, -0.05) is 32.9 Å². The number of esters is 1. The molecule has 0 unspecified atom stereocenters. The van der Waals surface area contributed by atoms with Crippen LogP contribution in [-0.2, 0) is 14.3 Å². The predicted molar refractivity (Wildman–Crippen MR) is 89.5 cm³/mol. The third-order valence-corrected chi connectivity index (χ3v) is 2.69. The lowest BCUT2D eigenvalue weighted by atomic mass is 10.2. The molecular formula is C16H29N3O3. The Morgan fingerprint density at radius 2 is 1.91 bits per heavy atom. The van der Waals surface area contributed by atoms with Crippen molar-refractivity contribution in [1.29, 1.82) is 0 Å². The zero-order chi connectivity index (χ0) is 17.0. The number of allylic oxidation sites excluding steroid dienone is 1. The van der Waals surface area contributed by atoms with E-state index in [4.69, 9.17) is 15.2 Å². The van der Waals surface area contributed by atoms with E-state index in [1.165, 1.54) is 6.42 Å². The molecule has 1 aliphatic rings. The highest BCUT2D eigenvalue weighted by Gasteiger charge is 2.16. The molecule has 1 saturated heterocycles. The van der Waals surface area contributed by atoms with E-state index in [1.54, 1.807) is 19.9 Å². The van der Waals surface area contributed by atoms with Crippen molar-refractivity contribution in [2.45, 2.75) is 34.1 Å². The molecule has 1 fully saturated rings. The Balaban J connectivity index is 0.00000135. The van der Waals surface area contributed by atoms with Crippen LogP contribution in [0, 0.1) is 0 Å². The number of carbonyl (C=O) groups excluding carboxylic acids is 1. The minimum atomic E-state index is -0.471. The minimum absolute atomic E-state index is 0.123. The van der Waals surface area contributed by atoms with E-state index in [0.29, 0.717) is 25.6 Å². The summed E-state index contributed by atoms with van der Waals surface area (Å²) in [4.78, 5) is 17.8. The molecule has 1 rings (SSSR count). The lowest BCUT2D eigenvalue weighted by molar-refractivity contribution is -0.137. The van der Waals surface area contributed by atoms with Crippen molar-refractivity contribution in [1.82, 2.24) is 4.90 Å². The third kappa shape index (κ3) is 7.26. The largest absolute Gasteiger partial charge is 0.462 e. The fourth-order valence-corrected chi connectivity index (χ4v) is 1.67. The standard InChI is InChI=1S/C13H21N3O3.C3H8/c1-4-11(13(17)19-5-2)12(14)15-10(3)16-6-8-18-9-7-16;1-3-2/h4H,3,5-9H2,1-2H3,(H2,14,15);3H2,1-2H3/b11-4+;. The van der Waals surface area contributed by atoms with E-state index in [0.717, 1.165) is 13.1 Å². The average molecular weight is 311 g/mol. The molecule has 126 valence electrons. The van der Waals surface area contributed by atoms with Crippen LogP contribution in [-0.4, -0.2) is 49.6 Å². The summed E-state index contributed by atoms with van der Waals surface area (Å²) in [7, 11) is 0. The highest BCUT2D eigenvalue weighted by Crippen LogP contribution is 2.09. The van der Waals surface area contributed by atoms with Crippen LogP contribution in [0.3, 0.4) is 0 Å². The van der Waals surface area contributed by atoms with Gasteiger partial charge in [-0.2, -0.15) is 0 Å². The first-order chi connectivity index (χ1) is 10.5. The summed E-state index contributed by atoms with van der Waals surface area (Å²) in [5.74, 6) is 0.183. The molecule has 22 heavy (non-hydrogen) atoms. The van der Waals surface area contributed by atoms with Gasteiger partial charge in [-0.25, -0.2) is 9.79 Å². The first-order valence-corrected chi connectivity index (χ1v) is 7.71. The zero-order valence-corrected chi connectivity index (χ0v) is 14.2. The van der Waals surface area contributed by atoms with E-state index in [2.05, 4.69) is 25.4 Å². The molecule has 1 aliphatic heterocycles. The normalized spacial score (nSPS) is 15.7. The van der Waals surface area contributed by atoms with Crippen LogP contribution in [0.4, 0.5) is 0 Å². The van der Waals surface area contributed by atoms with Gasteiger partial charge in [0.05, 0.1) is 25.4 Å². The van der Waals surface area contributed by atoms with Crippen molar-refractivity contribution in [2.24, 2.45) is 10.7 Å². The number of nitrogens with two attached hydrogens (primary N) is 1. The molecule has 0 atom stereocenters. The third-order valence-electron chi connectivity index (χ3n) is 2.69. The molecule has 0 bridgehead atoms. The van der Waals surface area contributed by atoms with Crippen molar-refractivity contribution < 1.29 is 14.3 Å². The Hall–Kier alpha value is -1.82. The lowest BCUT2D eigenvalue weighted by Crippen LogP contribution is -2.35. The molecular weight excluding hydrogens is 282 g/mol. The van der Waals surface area contributed by atoms with Gasteiger partial charge in [-0.15, -0.1) is 0 Å². The smallest absolute Gasteiger partial charge is 0.341 e. The minimum Gasteiger partial charge on any atom is -0.462 e. The molecule has 0 amide bonds. The van der Waals surface area contributed by atoms with Gasteiger partial charge in [0.1, 0.15) is 11.7 Å². The highest BCUT2D eigenvalue weighted by molar-refractivity contribution is 6.18. The van der Waals surface area contributed by atoms with Crippen molar-refractivity contribution >= 4 is 11.8 Å². The van der Waals surface area contributed by atoms with Crippen molar-refractivity contribution in [3.05, 3.63) is 24.0 Å². The Morgan fingerprint density at radius 1 is 1.36 bits per heavy atom. The van der Waals surface area contributed by atoms with E-state index < -0.39 is 5.97 Å². The summed E-state index contributed by atoms with van der Waals surface area (Å²) in [6.45, 7) is 14.6. The maximum Gasteiger partial charge on any atom is 0.341 e. The molecule has 0 aromatic carbocycles. The van der Waals surface area contributed by atoms with Gasteiger partial charge in [0.25, 0.3) is 0 Å². The number of rotatable bonds is 5. The average Bonchev–Trinajstić information content (AvgIpc) is 2.50. The summed E-state index contributed by atoms with van der Waals surface area (Å²) < 4.78 is 10.2. The molecule has 0 saturated carbocycles. The number of aliphatic imine (C=N–C) groups is 1. The molecule has 6 heteroatoms. The summed E-state index contributed by atoms with van der Waals surface area (Å²) in [5, 5.41) is 0. The zero-order valence-electron chi connectivity index (χ0n) is 14.2. The number of morpholine rings is 1. The number of carbonyl (C=O) groups is 1. The molecule has 0 spiro atoms. The van der Waals surface area contributed by atoms with Crippen LogP contribution in [0.15, 0.2) is 29.0 Å². The Kier molecular flexibility index (Phi) is 10.8. The van der Waals surface area contributed by atoms with Crippen LogP contribution in [0.1, 0.15) is 34.1 Å². The van der Waals surface area contributed by atoms with E-state index in [-0.39, 0.29) is 11.4 Å². The van der Waals surface area contributed by atoms with Gasteiger partial charge in [-0.05, 0) is 13.8 Å². The number of hydrogen-bond acceptors (Lipinski definition) is 5. The van der Waals surface area contributed by atoms with E-state index >= 15 is 0 Å². The maximum absolute atomic E-state index is 11.7. The predicted octanol–water partition coefficient (Wildman–Crippen LogP) is 2.07. The second kappa shape index (κ2) is 11.8. The van der Waals surface area contributed by atoms with E-state index in [1.807, 2.05) is 4.90 Å². The van der Waals surface area contributed by atoms with Gasteiger partial charge in [0, 0.05) is 13.1 Å². The lowest BCUT2D eigenvalue weighted by Gasteiger charge is -2.28. The molecule has 6 nitrogen and oxygen atoms in total. The number of nitrogens with zero attached hydrogens (tertiary/aromatic N) is 2. The fourth-order valence-electron chi connectivity index (χ4n) is 1.67. The summed E-state index contributed by atoms with van der Waals surface area (Å²) in [5.41, 5.74) is 6.09. The summed E-state index contributed by atoms with van der Waals surface area (Å²) >= 11 is 0. The SMILES string of the molecule is C=C(/N=C(N)\C(=C/C)C(=O)OCC)N1CCOCC1.CCC. The van der Waals surface area contributed by atoms with Crippen LogP contribution in [0.25, 0.3) is 0 Å². The molecule has 0 aromatic rings. The van der Waals surface area contributed by atoms with Gasteiger partial charge in [0.2, 0.25) is 0 Å². The Morgan fingerprint density at radius 3 is 2.36 bits per heavy atom. The fraction of sp³-hybridized carbons (Fsp3) is 0.625. The Bertz CT molecular complexity index is 411. The van der Waals surface area contributed by atoms with Gasteiger partial charge in [0.15, 0.2) is 0 Å². The molecule has 0 aliphatic carbocycles. The number of hydrogen-bond donors (Lipinski definition) is 1. The van der Waals surface area contributed by atoms with E-state index in [9.17, 15) is 4.79 Å². The topological polar surface area (TPSA) is 77.1 Å². The highest BCUT2D eigenvalue weighted by atomic mass is 16.5. The second-order valence-electron chi connectivity index (χ2n) is 4.64. The Labute approximate surface area is 133 Å². The number of ether oxygens (including phenoxy) is 2. The summed E-state index contributed by atoms with van der Waals surface area (Å²) in [6.07, 6.45) is 2.84. The molecule has 1 heterocycles. The molecule has 2 N–H and O–H groups in total. The first kappa shape index (κ1) is 20.2. The molecule has 0 radical (unpaired) electrons. The van der Waals surface area contributed by atoms with Crippen molar-refractivity contribution in [3.63, 3.8) is 0 Å². The van der Waals surface area contributed by atoms with Crippen LogP contribution < -0.4 is 5.73 Å². The van der Waals surface area contributed by atoms with Gasteiger partial charge < -0.3 is 20.1 Å².